The van der Waals surface area contributed by atoms with Crippen LogP contribution in [0.3, 0.4) is 0 Å². The molecule has 3 aromatic carbocycles. The van der Waals surface area contributed by atoms with Crippen LogP contribution in [0.25, 0.3) is 10.8 Å². The monoisotopic (exact) mass is 465 g/mol. The minimum absolute atomic E-state index is 0.0163. The minimum Gasteiger partial charge on any atom is -0.345 e. The van der Waals surface area contributed by atoms with Crippen LogP contribution in [0.1, 0.15) is 53.7 Å². The zero-order chi connectivity index (χ0) is 23.5. The highest BCUT2D eigenvalue weighted by Gasteiger charge is 2.30. The lowest BCUT2D eigenvalue weighted by Crippen LogP contribution is -2.31. The van der Waals surface area contributed by atoms with Crippen LogP contribution in [0.5, 0.6) is 0 Å². The first-order valence-electron chi connectivity index (χ1n) is 10.8. The van der Waals surface area contributed by atoms with E-state index in [4.69, 9.17) is 0 Å². The molecule has 0 saturated carbocycles. The molecule has 0 spiro atoms. The molecule has 1 aliphatic rings. The van der Waals surface area contributed by atoms with E-state index in [0.717, 1.165) is 65.1 Å². The molecule has 0 fully saturated rings. The third kappa shape index (κ3) is 4.54. The summed E-state index contributed by atoms with van der Waals surface area (Å²) in [6, 6.07) is 14.1. The lowest BCUT2D eigenvalue weighted by molar-refractivity contribution is -0.399. The molecule has 0 bridgehead atoms. The highest BCUT2D eigenvalue weighted by atomic mass is 32.2. The van der Waals surface area contributed by atoms with E-state index in [2.05, 4.69) is 17.4 Å². The molecule has 1 aliphatic carbocycles. The van der Waals surface area contributed by atoms with Gasteiger partial charge in [0.2, 0.25) is 0 Å². The van der Waals surface area contributed by atoms with Crippen LogP contribution in [-0.4, -0.2) is 21.5 Å². The van der Waals surface area contributed by atoms with Crippen molar-refractivity contribution in [1.29, 1.82) is 0 Å². The van der Waals surface area contributed by atoms with E-state index < -0.39 is 27.1 Å². The number of nitrogens with zero attached hydrogens (tertiary/aromatic N) is 2. The third-order valence-corrected chi connectivity index (χ3v) is 7.13. The Kier molecular flexibility index (Phi) is 6.60. The van der Waals surface area contributed by atoms with Gasteiger partial charge in [0.25, 0.3) is 17.3 Å². The van der Waals surface area contributed by atoms with Gasteiger partial charge in [0.05, 0.1) is 21.5 Å². The zero-order valence-electron chi connectivity index (χ0n) is 18.1. The van der Waals surface area contributed by atoms with E-state index in [-0.39, 0.29) is 16.5 Å². The smallest absolute Gasteiger partial charge is 0.290 e. The van der Waals surface area contributed by atoms with E-state index in [1.165, 1.54) is 0 Å². The molecule has 0 aromatic heterocycles. The number of carbonyl (C=O) groups excluding carboxylic acids is 1. The number of hydrogen-bond acceptors (Lipinski definition) is 6. The number of fused-ring (bicyclic) bond motifs is 3. The highest BCUT2D eigenvalue weighted by Crippen LogP contribution is 2.40. The summed E-state index contributed by atoms with van der Waals surface area (Å²) < 4.78 is 0. The van der Waals surface area contributed by atoms with E-state index in [0.29, 0.717) is 12.2 Å². The van der Waals surface area contributed by atoms with Gasteiger partial charge in [-0.15, -0.1) is 11.8 Å². The van der Waals surface area contributed by atoms with Gasteiger partial charge in [0, 0.05) is 12.1 Å². The summed E-state index contributed by atoms with van der Waals surface area (Å²) in [5.74, 6) is -0.0573. The number of amides is 1. The Morgan fingerprint density at radius 1 is 1.09 bits per heavy atom. The van der Waals surface area contributed by atoms with Gasteiger partial charge in [-0.1, -0.05) is 43.3 Å². The lowest BCUT2D eigenvalue weighted by Gasteiger charge is -2.28. The van der Waals surface area contributed by atoms with Crippen molar-refractivity contribution >= 4 is 39.8 Å². The molecule has 0 unspecified atom stereocenters. The molecule has 8 nitrogen and oxygen atoms in total. The predicted molar refractivity (Wildman–Crippen MR) is 128 cm³/mol. The Balaban J connectivity index is 1.72. The first-order chi connectivity index (χ1) is 15.9. The second kappa shape index (κ2) is 9.58. The fourth-order valence-electron chi connectivity index (χ4n) is 4.35. The van der Waals surface area contributed by atoms with Crippen molar-refractivity contribution in [2.24, 2.45) is 0 Å². The van der Waals surface area contributed by atoms with Crippen molar-refractivity contribution in [3.63, 3.8) is 0 Å². The van der Waals surface area contributed by atoms with Gasteiger partial charge in [-0.25, -0.2) is 0 Å². The van der Waals surface area contributed by atoms with Gasteiger partial charge in [0.1, 0.15) is 0 Å². The summed E-state index contributed by atoms with van der Waals surface area (Å²) >= 11 is 1.06. The SMILES string of the molecule is CCCSc1c([N+](=O)[O-])cc(C(=O)N[C@H]2CCCc3ccc4ccccc4c32)cc1[N+](=O)[O-]. The Bertz CT molecular complexity index is 1230. The predicted octanol–water partition coefficient (Wildman–Crippen LogP) is 5.97. The summed E-state index contributed by atoms with van der Waals surface area (Å²) in [5, 5.41) is 28.5. The van der Waals surface area contributed by atoms with Crippen molar-refractivity contribution in [3.05, 3.63) is 85.4 Å². The zero-order valence-corrected chi connectivity index (χ0v) is 18.9. The molecule has 0 saturated heterocycles. The maximum Gasteiger partial charge on any atom is 0.290 e. The van der Waals surface area contributed by atoms with Gasteiger partial charge >= 0.3 is 0 Å². The molecule has 0 aliphatic heterocycles. The van der Waals surface area contributed by atoms with Crippen LogP contribution in [0, 0.1) is 20.2 Å². The van der Waals surface area contributed by atoms with Crippen LogP contribution < -0.4 is 5.32 Å². The first-order valence-corrected chi connectivity index (χ1v) is 11.8. The largest absolute Gasteiger partial charge is 0.345 e. The maximum absolute atomic E-state index is 13.2. The maximum atomic E-state index is 13.2. The van der Waals surface area contributed by atoms with E-state index in [1.54, 1.807) is 0 Å². The molecule has 4 rings (SSSR count). The number of nitro groups is 2. The molecule has 170 valence electrons. The number of aryl methyl sites for hydroxylation is 1. The third-order valence-electron chi connectivity index (χ3n) is 5.81. The van der Waals surface area contributed by atoms with E-state index in [1.807, 2.05) is 31.2 Å². The molecule has 1 atom stereocenters. The van der Waals surface area contributed by atoms with Gasteiger partial charge in [-0.2, -0.15) is 0 Å². The normalized spacial score (nSPS) is 15.1. The van der Waals surface area contributed by atoms with Gasteiger partial charge < -0.3 is 5.32 Å². The van der Waals surface area contributed by atoms with Crippen LogP contribution in [0.4, 0.5) is 11.4 Å². The number of thioether (sulfide) groups is 1. The van der Waals surface area contributed by atoms with E-state index in [9.17, 15) is 25.0 Å². The average Bonchev–Trinajstić information content (AvgIpc) is 2.81. The number of benzene rings is 3. The van der Waals surface area contributed by atoms with Crippen LogP contribution >= 0.6 is 11.8 Å². The quantitative estimate of drug-likeness (QED) is 0.261. The molecule has 9 heteroatoms. The van der Waals surface area contributed by atoms with Crippen LogP contribution in [0.15, 0.2) is 53.4 Å². The topological polar surface area (TPSA) is 115 Å². The van der Waals surface area contributed by atoms with Crippen molar-refractivity contribution in [2.75, 3.05) is 5.75 Å². The summed E-state index contributed by atoms with van der Waals surface area (Å²) in [6.45, 7) is 1.89. The standard InChI is InChI=1S/C24H23N3O5S/c1-2-12-33-23-20(26(29)30)13-17(14-21(23)27(31)32)24(28)25-19-9-5-7-16-11-10-15-6-3-4-8-18(15)22(16)19/h3-4,6,8,10-11,13-14,19H,2,5,7,9,12H2,1H3,(H,25,28)/t19-/m0/s1. The summed E-state index contributed by atoms with van der Waals surface area (Å²) in [7, 11) is 0. The Hall–Kier alpha value is -3.46. The number of rotatable bonds is 7. The van der Waals surface area contributed by atoms with Crippen LogP contribution in [-0.2, 0) is 6.42 Å². The molecular weight excluding hydrogens is 442 g/mol. The highest BCUT2D eigenvalue weighted by molar-refractivity contribution is 7.99. The van der Waals surface area contributed by atoms with Crippen LogP contribution in [0.2, 0.25) is 0 Å². The minimum atomic E-state index is -0.662. The van der Waals surface area contributed by atoms with Gasteiger partial charge in [0.15, 0.2) is 4.90 Å². The molecule has 1 amide bonds. The fourth-order valence-corrected chi connectivity index (χ4v) is 5.32. The molecular formula is C24H23N3O5S. The molecule has 0 radical (unpaired) electrons. The Labute approximate surface area is 194 Å². The first kappa shape index (κ1) is 22.7. The van der Waals surface area contributed by atoms with Crippen molar-refractivity contribution in [2.45, 2.75) is 43.5 Å². The fraction of sp³-hybridized carbons (Fsp3) is 0.292. The van der Waals surface area contributed by atoms with Crippen molar-refractivity contribution in [3.8, 4) is 0 Å². The molecule has 33 heavy (non-hydrogen) atoms. The van der Waals surface area contributed by atoms with Crippen molar-refractivity contribution < 1.29 is 14.6 Å². The number of nitrogens with one attached hydrogen (secondary N) is 1. The van der Waals surface area contributed by atoms with Crippen molar-refractivity contribution in [1.82, 2.24) is 5.32 Å². The number of nitro benzene ring substituents is 2. The Morgan fingerprint density at radius 2 is 1.79 bits per heavy atom. The van der Waals surface area contributed by atoms with Gasteiger partial charge in [-0.05, 0) is 53.3 Å². The summed E-state index contributed by atoms with van der Waals surface area (Å²) in [4.78, 5) is 35.2. The lowest BCUT2D eigenvalue weighted by atomic mass is 9.84. The second-order valence-electron chi connectivity index (χ2n) is 7.98. The molecule has 3 aromatic rings. The summed E-state index contributed by atoms with van der Waals surface area (Å²) in [6.07, 6.45) is 3.23. The summed E-state index contributed by atoms with van der Waals surface area (Å²) in [5.41, 5.74) is 1.30. The Morgan fingerprint density at radius 3 is 2.45 bits per heavy atom. The van der Waals surface area contributed by atoms with E-state index >= 15 is 0 Å². The molecule has 0 heterocycles. The number of carbonyl (C=O) groups is 1. The van der Waals surface area contributed by atoms with Gasteiger partial charge in [-0.3, -0.25) is 25.0 Å². The average molecular weight is 466 g/mol. The second-order valence-corrected chi connectivity index (χ2v) is 9.09. The molecule has 1 N–H and O–H groups in total. The number of hydrogen-bond donors (Lipinski definition) is 1.